The molecule has 2 aromatic rings. The summed E-state index contributed by atoms with van der Waals surface area (Å²) >= 11 is 6.14. The van der Waals surface area contributed by atoms with E-state index in [4.69, 9.17) is 11.6 Å². The summed E-state index contributed by atoms with van der Waals surface area (Å²) in [5, 5.41) is 27.1. The van der Waals surface area contributed by atoms with Gasteiger partial charge in [-0.15, -0.1) is 0 Å². The summed E-state index contributed by atoms with van der Waals surface area (Å²) in [6, 6.07) is -0.801. The van der Waals surface area contributed by atoms with E-state index in [1.54, 1.807) is 17.8 Å². The van der Waals surface area contributed by atoms with Crippen molar-refractivity contribution in [2.75, 3.05) is 5.32 Å². The number of aromatic nitrogens is 4. The van der Waals surface area contributed by atoms with Crippen LogP contribution in [0, 0.1) is 0 Å². The minimum Gasteiger partial charge on any atom is -0.388 e. The van der Waals surface area contributed by atoms with Crippen LogP contribution in [0.25, 0.3) is 11.2 Å². The molecule has 1 aliphatic rings. The van der Waals surface area contributed by atoms with Gasteiger partial charge in [-0.2, -0.15) is 9.97 Å². The van der Waals surface area contributed by atoms with Gasteiger partial charge in [-0.25, -0.2) is 4.98 Å². The van der Waals surface area contributed by atoms with Gasteiger partial charge in [-0.05, 0) is 30.9 Å². The molecule has 0 aliphatic heterocycles. The molecular weight excluding hydrogens is 384 g/mol. The van der Waals surface area contributed by atoms with Crippen LogP contribution in [0.1, 0.15) is 52.5 Å². The summed E-state index contributed by atoms with van der Waals surface area (Å²) in [4.78, 5) is 24.7. The van der Waals surface area contributed by atoms with Crippen molar-refractivity contribution in [1.29, 1.82) is 0 Å². The lowest BCUT2D eigenvalue weighted by molar-refractivity contribution is -0.122. The summed E-state index contributed by atoms with van der Waals surface area (Å²) in [5.74, 6) is 0.376. The second kappa shape index (κ2) is 8.59. The van der Waals surface area contributed by atoms with Crippen molar-refractivity contribution in [2.45, 2.75) is 76.8 Å². The topological polar surface area (TPSA) is 125 Å². The highest BCUT2D eigenvalue weighted by molar-refractivity contribution is 6.28. The van der Waals surface area contributed by atoms with Gasteiger partial charge in [-0.3, -0.25) is 4.79 Å². The average Bonchev–Trinajstić information content (AvgIpc) is 3.21. The van der Waals surface area contributed by atoms with E-state index in [0.29, 0.717) is 29.8 Å². The number of nitrogens with one attached hydrogen (secondary N) is 2. The lowest BCUT2D eigenvalue weighted by Crippen LogP contribution is -2.42. The Morgan fingerprint density at radius 1 is 1.29 bits per heavy atom. The molecule has 1 fully saturated rings. The van der Waals surface area contributed by atoms with Crippen LogP contribution < -0.4 is 10.6 Å². The first-order chi connectivity index (χ1) is 13.4. The molecule has 2 aromatic heterocycles. The molecule has 3 rings (SSSR count). The van der Waals surface area contributed by atoms with Gasteiger partial charge in [-0.1, -0.05) is 20.8 Å². The number of aliphatic hydroxyl groups is 2. The molecule has 9 nitrogen and oxygen atoms in total. The quantitative estimate of drug-likeness (QED) is 0.511. The molecule has 28 heavy (non-hydrogen) atoms. The summed E-state index contributed by atoms with van der Waals surface area (Å²) < 4.78 is 1.70. The van der Waals surface area contributed by atoms with Gasteiger partial charge in [0.25, 0.3) is 0 Å². The number of hydrogen-bond donors (Lipinski definition) is 4. The summed E-state index contributed by atoms with van der Waals surface area (Å²) in [6.07, 6.45) is 1.95. The predicted octanol–water partition coefficient (Wildman–Crippen LogP) is 1.64. The second-order valence-corrected chi connectivity index (χ2v) is 7.47. The van der Waals surface area contributed by atoms with Crippen LogP contribution in [0.2, 0.25) is 5.28 Å². The van der Waals surface area contributed by atoms with Crippen molar-refractivity contribution < 1.29 is 15.0 Å². The molecule has 0 aromatic carbocycles. The van der Waals surface area contributed by atoms with Gasteiger partial charge in [0.2, 0.25) is 11.2 Å². The van der Waals surface area contributed by atoms with E-state index in [-0.39, 0.29) is 17.2 Å². The molecular formula is C18H27ClN6O3. The van der Waals surface area contributed by atoms with E-state index in [0.717, 1.165) is 12.8 Å². The standard InChI is InChI=1S/C18H27ClN6O3/c1-4-9(5-2)21-16-13-17(24-18(19)23-16)25(8-20-13)11-7-10(14(27)15(11)28)22-12(26)6-3/h8-11,14-15,27-28H,4-7H2,1-3H3,(H,22,26)(H,21,23,24). The fourth-order valence-electron chi connectivity index (χ4n) is 3.66. The zero-order valence-corrected chi connectivity index (χ0v) is 17.0. The maximum absolute atomic E-state index is 11.7. The Hall–Kier alpha value is -1.97. The number of hydrogen-bond acceptors (Lipinski definition) is 7. The zero-order valence-electron chi connectivity index (χ0n) is 16.3. The summed E-state index contributed by atoms with van der Waals surface area (Å²) in [7, 11) is 0. The van der Waals surface area contributed by atoms with Gasteiger partial charge in [0.15, 0.2) is 17.0 Å². The van der Waals surface area contributed by atoms with Crippen LogP contribution >= 0.6 is 11.6 Å². The van der Waals surface area contributed by atoms with Gasteiger partial charge in [0.1, 0.15) is 12.2 Å². The Balaban J connectivity index is 1.94. The molecule has 1 amide bonds. The Morgan fingerprint density at radius 3 is 2.64 bits per heavy atom. The number of anilines is 1. The minimum absolute atomic E-state index is 0.0755. The summed E-state index contributed by atoms with van der Waals surface area (Å²) in [5.41, 5.74) is 1.03. The molecule has 0 saturated heterocycles. The van der Waals surface area contributed by atoms with E-state index in [9.17, 15) is 15.0 Å². The smallest absolute Gasteiger partial charge is 0.226 e. The first kappa shape index (κ1) is 20.8. The highest BCUT2D eigenvalue weighted by Gasteiger charge is 2.43. The number of fused-ring (bicyclic) bond motifs is 1. The zero-order chi connectivity index (χ0) is 20.4. The number of aliphatic hydroxyl groups excluding tert-OH is 2. The molecule has 4 atom stereocenters. The van der Waals surface area contributed by atoms with Crippen molar-refractivity contribution in [2.24, 2.45) is 0 Å². The monoisotopic (exact) mass is 410 g/mol. The number of carbonyl (C=O) groups excluding carboxylic acids is 1. The number of halogens is 1. The van der Waals surface area contributed by atoms with Gasteiger partial charge in [0.05, 0.1) is 18.4 Å². The van der Waals surface area contributed by atoms with E-state index >= 15 is 0 Å². The van der Waals surface area contributed by atoms with E-state index in [2.05, 4.69) is 39.4 Å². The second-order valence-electron chi connectivity index (χ2n) is 7.13. The number of nitrogens with zero attached hydrogens (tertiary/aromatic N) is 4. The highest BCUT2D eigenvalue weighted by atomic mass is 35.5. The van der Waals surface area contributed by atoms with Crippen molar-refractivity contribution in [1.82, 2.24) is 24.8 Å². The number of imidazole rings is 1. The third kappa shape index (κ3) is 3.92. The lowest BCUT2D eigenvalue weighted by atomic mass is 10.2. The summed E-state index contributed by atoms with van der Waals surface area (Å²) in [6.45, 7) is 5.91. The van der Waals surface area contributed by atoms with E-state index in [1.807, 2.05) is 0 Å². The Labute approximate surface area is 168 Å². The number of carbonyl (C=O) groups is 1. The molecule has 1 saturated carbocycles. The third-order valence-electron chi connectivity index (χ3n) is 5.40. The number of rotatable bonds is 7. The SMILES string of the molecule is CCC(=O)NC1CC(n2cnc3c(NC(CC)CC)nc(Cl)nc32)C(O)C1O. The van der Waals surface area contributed by atoms with Crippen LogP contribution in [0.15, 0.2) is 6.33 Å². The fourth-order valence-corrected chi connectivity index (χ4v) is 3.82. The Morgan fingerprint density at radius 2 is 2.00 bits per heavy atom. The largest absolute Gasteiger partial charge is 0.388 e. The van der Waals surface area contributed by atoms with E-state index < -0.39 is 24.3 Å². The maximum atomic E-state index is 11.7. The highest BCUT2D eigenvalue weighted by Crippen LogP contribution is 2.34. The molecule has 1 aliphatic carbocycles. The predicted molar refractivity (Wildman–Crippen MR) is 106 cm³/mol. The first-order valence-electron chi connectivity index (χ1n) is 9.71. The Kier molecular flexibility index (Phi) is 6.36. The first-order valence-corrected chi connectivity index (χ1v) is 10.1. The molecule has 10 heteroatoms. The maximum Gasteiger partial charge on any atom is 0.226 e. The average molecular weight is 411 g/mol. The molecule has 4 unspecified atom stereocenters. The van der Waals surface area contributed by atoms with Crippen LogP contribution in [-0.4, -0.2) is 59.9 Å². The van der Waals surface area contributed by atoms with Crippen molar-refractivity contribution in [3.05, 3.63) is 11.6 Å². The fraction of sp³-hybridized carbons (Fsp3) is 0.667. The molecule has 0 radical (unpaired) electrons. The van der Waals surface area contributed by atoms with Crippen molar-refractivity contribution in [3.63, 3.8) is 0 Å². The Bertz CT molecular complexity index is 840. The lowest BCUT2D eigenvalue weighted by Gasteiger charge is -2.19. The third-order valence-corrected chi connectivity index (χ3v) is 5.57. The van der Waals surface area contributed by atoms with Crippen LogP contribution in [0.5, 0.6) is 0 Å². The van der Waals surface area contributed by atoms with Crippen molar-refractivity contribution in [3.8, 4) is 0 Å². The molecule has 4 N–H and O–H groups in total. The van der Waals surface area contributed by atoms with Gasteiger partial charge in [0, 0.05) is 12.5 Å². The minimum atomic E-state index is -1.07. The van der Waals surface area contributed by atoms with Gasteiger partial charge >= 0.3 is 0 Å². The van der Waals surface area contributed by atoms with Crippen LogP contribution in [0.3, 0.4) is 0 Å². The normalized spacial score (nSPS) is 24.8. The van der Waals surface area contributed by atoms with E-state index in [1.165, 1.54) is 0 Å². The van der Waals surface area contributed by atoms with Crippen LogP contribution in [0.4, 0.5) is 5.82 Å². The molecule has 2 heterocycles. The van der Waals surface area contributed by atoms with Crippen molar-refractivity contribution >= 4 is 34.5 Å². The number of amides is 1. The molecule has 154 valence electrons. The van der Waals surface area contributed by atoms with Crippen LogP contribution in [-0.2, 0) is 4.79 Å². The van der Waals surface area contributed by atoms with Gasteiger partial charge < -0.3 is 25.4 Å². The molecule has 0 spiro atoms. The molecule has 0 bridgehead atoms.